The monoisotopic (exact) mass is 314 g/mol. The van der Waals surface area contributed by atoms with Crippen LogP contribution in [0.15, 0.2) is 18.2 Å². The Morgan fingerprint density at radius 2 is 1.90 bits per heavy atom. The van der Waals surface area contributed by atoms with Crippen molar-refractivity contribution in [1.29, 1.82) is 0 Å². The minimum Gasteiger partial charge on any atom is -0.494 e. The highest BCUT2D eigenvalue weighted by atomic mass is 35.5. The van der Waals surface area contributed by atoms with Gasteiger partial charge >= 0.3 is 0 Å². The molecule has 0 saturated carbocycles. The van der Waals surface area contributed by atoms with E-state index in [1.54, 1.807) is 0 Å². The molecule has 5 heteroatoms. The van der Waals surface area contributed by atoms with E-state index in [9.17, 15) is 4.79 Å². The molecule has 0 aliphatic heterocycles. The second kappa shape index (κ2) is 8.90. The molecule has 120 valence electrons. The lowest BCUT2D eigenvalue weighted by Crippen LogP contribution is -2.41. The van der Waals surface area contributed by atoms with Crippen LogP contribution >= 0.6 is 12.4 Å². The number of rotatable bonds is 7. The SMILES string of the molecule is CCOc1ccc(NC(=O)C(CC)(CC)CN)c(C)c1.Cl. The van der Waals surface area contributed by atoms with Crippen LogP contribution < -0.4 is 15.8 Å². The van der Waals surface area contributed by atoms with Crippen LogP contribution in [-0.4, -0.2) is 19.1 Å². The molecular weight excluding hydrogens is 288 g/mol. The number of anilines is 1. The van der Waals surface area contributed by atoms with Gasteiger partial charge in [0.05, 0.1) is 12.0 Å². The number of hydrogen-bond acceptors (Lipinski definition) is 3. The highest BCUT2D eigenvalue weighted by Crippen LogP contribution is 2.28. The molecule has 0 radical (unpaired) electrons. The number of hydrogen-bond donors (Lipinski definition) is 2. The molecule has 1 rings (SSSR count). The third-order valence-corrected chi connectivity index (χ3v) is 3.98. The molecule has 0 saturated heterocycles. The van der Waals surface area contributed by atoms with E-state index in [4.69, 9.17) is 10.5 Å². The summed E-state index contributed by atoms with van der Waals surface area (Å²) in [6.45, 7) is 8.90. The lowest BCUT2D eigenvalue weighted by atomic mass is 9.81. The number of halogens is 1. The van der Waals surface area contributed by atoms with Crippen LogP contribution in [0.25, 0.3) is 0 Å². The van der Waals surface area contributed by atoms with Crippen molar-refractivity contribution in [2.75, 3.05) is 18.5 Å². The number of carbonyl (C=O) groups excluding carboxylic acids is 1. The Bertz CT molecular complexity index is 451. The minimum atomic E-state index is -0.481. The lowest BCUT2D eigenvalue weighted by molar-refractivity contribution is -0.125. The molecule has 4 nitrogen and oxygen atoms in total. The van der Waals surface area contributed by atoms with E-state index in [2.05, 4.69) is 5.32 Å². The lowest BCUT2D eigenvalue weighted by Gasteiger charge is -2.28. The average molecular weight is 315 g/mol. The van der Waals surface area contributed by atoms with Gasteiger partial charge in [0.25, 0.3) is 0 Å². The molecule has 0 aromatic heterocycles. The van der Waals surface area contributed by atoms with Gasteiger partial charge in [-0.05, 0) is 50.5 Å². The molecule has 0 spiro atoms. The van der Waals surface area contributed by atoms with Gasteiger partial charge in [-0.1, -0.05) is 13.8 Å². The Labute approximate surface area is 133 Å². The summed E-state index contributed by atoms with van der Waals surface area (Å²) in [5, 5.41) is 3.00. The van der Waals surface area contributed by atoms with Crippen LogP contribution in [0.2, 0.25) is 0 Å². The van der Waals surface area contributed by atoms with Gasteiger partial charge in [-0.15, -0.1) is 12.4 Å². The molecular formula is C16H27ClN2O2. The predicted octanol–water partition coefficient (Wildman–Crippen LogP) is 3.52. The van der Waals surface area contributed by atoms with Crippen molar-refractivity contribution in [3.05, 3.63) is 23.8 Å². The molecule has 0 unspecified atom stereocenters. The first-order valence-corrected chi connectivity index (χ1v) is 7.28. The van der Waals surface area contributed by atoms with E-state index >= 15 is 0 Å². The van der Waals surface area contributed by atoms with Crippen LogP contribution in [0.1, 0.15) is 39.2 Å². The van der Waals surface area contributed by atoms with Crippen molar-refractivity contribution >= 4 is 24.0 Å². The zero-order valence-electron chi connectivity index (χ0n) is 13.4. The maximum absolute atomic E-state index is 12.5. The summed E-state index contributed by atoms with van der Waals surface area (Å²) in [4.78, 5) is 12.5. The molecule has 3 N–H and O–H groups in total. The zero-order chi connectivity index (χ0) is 15.2. The maximum Gasteiger partial charge on any atom is 0.231 e. The molecule has 21 heavy (non-hydrogen) atoms. The summed E-state index contributed by atoms with van der Waals surface area (Å²) in [6, 6.07) is 5.68. The van der Waals surface area contributed by atoms with Gasteiger partial charge in [0.15, 0.2) is 0 Å². The molecule has 0 heterocycles. The molecule has 0 fully saturated rings. The van der Waals surface area contributed by atoms with E-state index in [1.165, 1.54) is 0 Å². The van der Waals surface area contributed by atoms with Gasteiger partial charge in [-0.3, -0.25) is 4.79 Å². The summed E-state index contributed by atoms with van der Waals surface area (Å²) in [7, 11) is 0. The number of aryl methyl sites for hydroxylation is 1. The standard InChI is InChI=1S/C16H26N2O2.ClH/c1-5-16(6-2,11-17)15(19)18-14-9-8-13(20-7-3)10-12(14)4;/h8-10H,5-7,11,17H2,1-4H3,(H,18,19);1H. The normalized spacial score (nSPS) is 10.7. The van der Waals surface area contributed by atoms with Crippen LogP contribution in [0, 0.1) is 12.3 Å². The van der Waals surface area contributed by atoms with Crippen molar-refractivity contribution in [2.45, 2.75) is 40.5 Å². The average Bonchev–Trinajstić information content (AvgIpc) is 2.45. The third kappa shape index (κ3) is 4.61. The van der Waals surface area contributed by atoms with Gasteiger partial charge in [-0.2, -0.15) is 0 Å². The molecule has 1 aromatic rings. The molecule has 0 atom stereocenters. The molecule has 0 aliphatic rings. The third-order valence-electron chi connectivity index (χ3n) is 3.98. The highest BCUT2D eigenvalue weighted by Gasteiger charge is 2.33. The topological polar surface area (TPSA) is 64.3 Å². The molecule has 0 bridgehead atoms. The summed E-state index contributed by atoms with van der Waals surface area (Å²) in [5.74, 6) is 0.816. The number of amides is 1. The highest BCUT2D eigenvalue weighted by molar-refractivity contribution is 5.96. The largest absolute Gasteiger partial charge is 0.494 e. The molecule has 1 aromatic carbocycles. The minimum absolute atomic E-state index is 0. The van der Waals surface area contributed by atoms with Crippen LogP contribution in [0.5, 0.6) is 5.75 Å². The number of ether oxygens (including phenoxy) is 1. The van der Waals surface area contributed by atoms with E-state index in [-0.39, 0.29) is 18.3 Å². The number of benzene rings is 1. The Hall–Kier alpha value is -1.26. The zero-order valence-corrected chi connectivity index (χ0v) is 14.2. The van der Waals surface area contributed by atoms with Crippen molar-refractivity contribution in [3.63, 3.8) is 0 Å². The molecule has 1 amide bonds. The Kier molecular flexibility index (Phi) is 8.37. The van der Waals surface area contributed by atoms with Crippen molar-refractivity contribution < 1.29 is 9.53 Å². The van der Waals surface area contributed by atoms with Gasteiger partial charge in [-0.25, -0.2) is 0 Å². The second-order valence-corrected chi connectivity index (χ2v) is 5.06. The molecule has 0 aliphatic carbocycles. The number of nitrogens with two attached hydrogens (primary N) is 1. The van der Waals surface area contributed by atoms with Gasteiger partial charge in [0.2, 0.25) is 5.91 Å². The first-order valence-electron chi connectivity index (χ1n) is 7.28. The summed E-state index contributed by atoms with van der Waals surface area (Å²) < 4.78 is 5.44. The van der Waals surface area contributed by atoms with E-state index in [1.807, 2.05) is 45.9 Å². The predicted molar refractivity (Wildman–Crippen MR) is 90.3 cm³/mol. The quantitative estimate of drug-likeness (QED) is 0.809. The van der Waals surface area contributed by atoms with E-state index in [0.717, 1.165) is 29.8 Å². The van der Waals surface area contributed by atoms with E-state index in [0.29, 0.717) is 13.2 Å². The fourth-order valence-electron chi connectivity index (χ4n) is 2.24. The van der Waals surface area contributed by atoms with Crippen LogP contribution in [-0.2, 0) is 4.79 Å². The Balaban J connectivity index is 0.00000400. The Morgan fingerprint density at radius 3 is 2.33 bits per heavy atom. The van der Waals surface area contributed by atoms with E-state index < -0.39 is 5.41 Å². The first kappa shape index (κ1) is 19.7. The van der Waals surface area contributed by atoms with Crippen molar-refractivity contribution in [3.8, 4) is 5.75 Å². The van der Waals surface area contributed by atoms with Crippen LogP contribution in [0.3, 0.4) is 0 Å². The summed E-state index contributed by atoms with van der Waals surface area (Å²) in [6.07, 6.45) is 1.48. The second-order valence-electron chi connectivity index (χ2n) is 5.06. The van der Waals surface area contributed by atoms with Gasteiger partial charge in [0.1, 0.15) is 5.75 Å². The first-order chi connectivity index (χ1) is 9.52. The van der Waals surface area contributed by atoms with Gasteiger partial charge < -0.3 is 15.8 Å². The Morgan fingerprint density at radius 1 is 1.29 bits per heavy atom. The van der Waals surface area contributed by atoms with Crippen molar-refractivity contribution in [2.24, 2.45) is 11.1 Å². The fraction of sp³-hybridized carbons (Fsp3) is 0.562. The number of nitrogens with one attached hydrogen (secondary N) is 1. The van der Waals surface area contributed by atoms with Gasteiger partial charge in [0, 0.05) is 12.2 Å². The summed E-state index contributed by atoms with van der Waals surface area (Å²) >= 11 is 0. The van der Waals surface area contributed by atoms with Crippen molar-refractivity contribution in [1.82, 2.24) is 0 Å². The number of carbonyl (C=O) groups is 1. The maximum atomic E-state index is 12.5. The smallest absolute Gasteiger partial charge is 0.231 e. The van der Waals surface area contributed by atoms with Crippen LogP contribution in [0.4, 0.5) is 5.69 Å². The fourth-order valence-corrected chi connectivity index (χ4v) is 2.24. The summed E-state index contributed by atoms with van der Waals surface area (Å²) in [5.41, 5.74) is 7.13.